The minimum Gasteiger partial charge on any atom is -0.478 e. The van der Waals surface area contributed by atoms with Gasteiger partial charge in [0.05, 0.1) is 5.56 Å². The third-order valence-electron chi connectivity index (χ3n) is 3.57. The number of rotatable bonds is 4. The van der Waals surface area contributed by atoms with Crippen LogP contribution in [0.25, 0.3) is 6.08 Å². The van der Waals surface area contributed by atoms with Crippen LogP contribution in [0.1, 0.15) is 28.8 Å². The van der Waals surface area contributed by atoms with E-state index in [1.54, 1.807) is 18.2 Å². The van der Waals surface area contributed by atoms with E-state index < -0.39 is 11.9 Å². The van der Waals surface area contributed by atoms with Crippen LogP contribution in [0.2, 0.25) is 0 Å². The summed E-state index contributed by atoms with van der Waals surface area (Å²) in [5, 5.41) is 25.7. The highest BCUT2D eigenvalue weighted by Gasteiger charge is 2.20. The van der Waals surface area contributed by atoms with E-state index in [1.807, 2.05) is 0 Å². The fraction of sp³-hybridized carbons (Fsp3) is 0.188. The second kappa shape index (κ2) is 6.26. The van der Waals surface area contributed by atoms with Gasteiger partial charge in [-0.1, -0.05) is 18.2 Å². The molecule has 1 aliphatic rings. The molecule has 0 aliphatic heterocycles. The van der Waals surface area contributed by atoms with Gasteiger partial charge in [-0.2, -0.15) is 0 Å². The number of hydrogen-bond donors (Lipinski definition) is 4. The van der Waals surface area contributed by atoms with Crippen LogP contribution < -0.4 is 5.73 Å². The molecule has 0 radical (unpaired) electrons. The molecule has 0 spiro atoms. The van der Waals surface area contributed by atoms with Crippen molar-refractivity contribution in [1.29, 1.82) is 5.41 Å². The SMILES string of the molecule is N=C1C=C(C(=O)O)CCC1/C=C/c1ccc(C(=O)O)cc1N. The number of carbonyl (C=O) groups is 2. The van der Waals surface area contributed by atoms with Crippen molar-refractivity contribution < 1.29 is 19.8 Å². The summed E-state index contributed by atoms with van der Waals surface area (Å²) in [5.74, 6) is -2.19. The summed E-state index contributed by atoms with van der Waals surface area (Å²) in [4.78, 5) is 21.7. The van der Waals surface area contributed by atoms with Gasteiger partial charge < -0.3 is 21.4 Å². The molecular formula is C16H16N2O4. The van der Waals surface area contributed by atoms with E-state index in [0.29, 0.717) is 24.1 Å². The summed E-state index contributed by atoms with van der Waals surface area (Å²) in [7, 11) is 0. The summed E-state index contributed by atoms with van der Waals surface area (Å²) in [6.07, 6.45) is 5.89. The number of aliphatic carboxylic acids is 1. The summed E-state index contributed by atoms with van der Waals surface area (Å²) in [5.41, 5.74) is 7.45. The highest BCUT2D eigenvalue weighted by molar-refractivity contribution is 6.03. The van der Waals surface area contributed by atoms with Crippen LogP contribution in [0, 0.1) is 11.3 Å². The van der Waals surface area contributed by atoms with Crippen LogP contribution in [0.5, 0.6) is 0 Å². The molecule has 6 nitrogen and oxygen atoms in total. The van der Waals surface area contributed by atoms with E-state index in [1.165, 1.54) is 18.2 Å². The zero-order valence-corrected chi connectivity index (χ0v) is 11.7. The van der Waals surface area contributed by atoms with Crippen molar-refractivity contribution in [2.75, 3.05) is 5.73 Å². The molecule has 22 heavy (non-hydrogen) atoms. The van der Waals surface area contributed by atoms with Gasteiger partial charge >= 0.3 is 11.9 Å². The molecule has 1 atom stereocenters. The lowest BCUT2D eigenvalue weighted by molar-refractivity contribution is -0.132. The molecule has 0 bridgehead atoms. The number of nitrogen functional groups attached to an aromatic ring is 1. The van der Waals surface area contributed by atoms with Gasteiger partial charge in [0, 0.05) is 22.9 Å². The van der Waals surface area contributed by atoms with Crippen molar-refractivity contribution in [1.82, 2.24) is 0 Å². The quantitative estimate of drug-likeness (QED) is 0.635. The average molecular weight is 300 g/mol. The highest BCUT2D eigenvalue weighted by atomic mass is 16.4. The van der Waals surface area contributed by atoms with Crippen molar-refractivity contribution in [3.8, 4) is 0 Å². The normalized spacial score (nSPS) is 18.3. The van der Waals surface area contributed by atoms with E-state index in [-0.39, 0.29) is 22.8 Å². The first-order valence-corrected chi connectivity index (χ1v) is 6.72. The maximum absolute atomic E-state index is 10.9. The van der Waals surface area contributed by atoms with Crippen LogP contribution in [0.15, 0.2) is 35.9 Å². The highest BCUT2D eigenvalue weighted by Crippen LogP contribution is 2.24. The minimum atomic E-state index is -1.04. The Morgan fingerprint density at radius 1 is 1.27 bits per heavy atom. The zero-order chi connectivity index (χ0) is 16.3. The van der Waals surface area contributed by atoms with Gasteiger partial charge in [-0.05, 0) is 36.6 Å². The molecule has 1 aromatic carbocycles. The zero-order valence-electron chi connectivity index (χ0n) is 11.7. The number of nitrogens with one attached hydrogen (secondary N) is 1. The Morgan fingerprint density at radius 2 is 2.00 bits per heavy atom. The van der Waals surface area contributed by atoms with Gasteiger partial charge in [0.1, 0.15) is 0 Å². The second-order valence-corrected chi connectivity index (χ2v) is 5.08. The number of nitrogens with two attached hydrogens (primary N) is 1. The Hall–Kier alpha value is -2.89. The molecule has 114 valence electrons. The molecule has 0 heterocycles. The number of benzene rings is 1. The molecule has 0 saturated heterocycles. The summed E-state index contributed by atoms with van der Waals surface area (Å²) in [6.45, 7) is 0. The van der Waals surface area contributed by atoms with E-state index in [9.17, 15) is 9.59 Å². The topological polar surface area (TPSA) is 124 Å². The Balaban J connectivity index is 2.15. The first-order chi connectivity index (χ1) is 10.4. The molecule has 0 saturated carbocycles. The van der Waals surface area contributed by atoms with Crippen molar-refractivity contribution >= 4 is 29.4 Å². The molecule has 1 aromatic rings. The monoisotopic (exact) mass is 300 g/mol. The molecule has 0 aromatic heterocycles. The van der Waals surface area contributed by atoms with Crippen LogP contribution in [-0.2, 0) is 4.79 Å². The summed E-state index contributed by atoms with van der Waals surface area (Å²) >= 11 is 0. The maximum Gasteiger partial charge on any atom is 0.335 e. The smallest absolute Gasteiger partial charge is 0.335 e. The van der Waals surface area contributed by atoms with Gasteiger partial charge in [0.2, 0.25) is 0 Å². The second-order valence-electron chi connectivity index (χ2n) is 5.08. The number of aromatic carboxylic acids is 1. The number of allylic oxidation sites excluding steroid dienone is 2. The van der Waals surface area contributed by atoms with E-state index in [2.05, 4.69) is 0 Å². The minimum absolute atomic E-state index is 0.120. The van der Waals surface area contributed by atoms with E-state index in [0.717, 1.165) is 0 Å². The van der Waals surface area contributed by atoms with E-state index >= 15 is 0 Å². The molecular weight excluding hydrogens is 284 g/mol. The van der Waals surface area contributed by atoms with Crippen LogP contribution in [0.3, 0.4) is 0 Å². The van der Waals surface area contributed by atoms with Crippen LogP contribution in [-0.4, -0.2) is 27.9 Å². The van der Waals surface area contributed by atoms with Crippen LogP contribution in [0.4, 0.5) is 5.69 Å². The lowest BCUT2D eigenvalue weighted by Crippen LogP contribution is -2.18. The summed E-state index contributed by atoms with van der Waals surface area (Å²) in [6, 6.07) is 4.46. The van der Waals surface area contributed by atoms with Gasteiger partial charge in [-0.25, -0.2) is 9.59 Å². The number of anilines is 1. The van der Waals surface area contributed by atoms with Crippen molar-refractivity contribution in [3.63, 3.8) is 0 Å². The van der Waals surface area contributed by atoms with E-state index in [4.69, 9.17) is 21.4 Å². The maximum atomic E-state index is 10.9. The molecule has 1 unspecified atom stereocenters. The van der Waals surface area contributed by atoms with Crippen LogP contribution >= 0.6 is 0 Å². The average Bonchev–Trinajstić information content (AvgIpc) is 2.46. The Kier molecular flexibility index (Phi) is 4.41. The fourth-order valence-electron chi connectivity index (χ4n) is 2.28. The fourth-order valence-corrected chi connectivity index (χ4v) is 2.28. The standard InChI is InChI=1S/C16H16N2O4/c17-13-7-11(15(19)20)5-3-9(13)1-2-10-4-6-12(16(21)22)8-14(10)18/h1-3,5,7-8,10,18H,4,6,17H2,(H,19,20)(H,21,22)/b2-1+,18-14?. The van der Waals surface area contributed by atoms with Gasteiger partial charge in [-0.15, -0.1) is 0 Å². The predicted octanol–water partition coefficient (Wildman–Crippen LogP) is 2.42. The largest absolute Gasteiger partial charge is 0.478 e. The number of carboxylic acids is 2. The molecule has 2 rings (SSSR count). The lowest BCUT2D eigenvalue weighted by atomic mass is 9.87. The third-order valence-corrected chi connectivity index (χ3v) is 3.57. The first-order valence-electron chi connectivity index (χ1n) is 6.72. The van der Waals surface area contributed by atoms with Gasteiger partial charge in [0.15, 0.2) is 0 Å². The lowest BCUT2D eigenvalue weighted by Gasteiger charge is -2.18. The third kappa shape index (κ3) is 3.41. The van der Waals surface area contributed by atoms with Crippen molar-refractivity contribution in [3.05, 3.63) is 47.1 Å². The molecule has 0 fully saturated rings. The Morgan fingerprint density at radius 3 is 2.55 bits per heavy atom. The predicted molar refractivity (Wildman–Crippen MR) is 83.0 cm³/mol. The number of hydrogen-bond acceptors (Lipinski definition) is 4. The Bertz CT molecular complexity index is 704. The molecule has 6 heteroatoms. The molecule has 5 N–H and O–H groups in total. The van der Waals surface area contributed by atoms with Gasteiger partial charge in [-0.3, -0.25) is 0 Å². The van der Waals surface area contributed by atoms with Gasteiger partial charge in [0.25, 0.3) is 0 Å². The van der Waals surface area contributed by atoms with Crippen molar-refractivity contribution in [2.45, 2.75) is 12.8 Å². The summed E-state index contributed by atoms with van der Waals surface area (Å²) < 4.78 is 0. The number of carboxylic acid groups (broad SMARTS) is 2. The van der Waals surface area contributed by atoms with Crippen molar-refractivity contribution in [2.24, 2.45) is 5.92 Å². The molecule has 1 aliphatic carbocycles. The first kappa shape index (κ1) is 15.5. The molecule has 0 amide bonds. The Labute approximate surface area is 127 Å².